The van der Waals surface area contributed by atoms with Gasteiger partial charge in [-0.05, 0) is 66.8 Å². The highest BCUT2D eigenvalue weighted by Gasteiger charge is 2.38. The molecule has 27 heavy (non-hydrogen) atoms. The van der Waals surface area contributed by atoms with E-state index in [1.54, 1.807) is 12.1 Å². The Balaban J connectivity index is 1.95. The predicted molar refractivity (Wildman–Crippen MR) is 111 cm³/mol. The minimum absolute atomic E-state index is 0.0199. The van der Waals surface area contributed by atoms with Gasteiger partial charge in [0, 0.05) is 5.41 Å². The molecule has 1 aliphatic rings. The summed E-state index contributed by atoms with van der Waals surface area (Å²) < 4.78 is 0. The lowest BCUT2D eigenvalue weighted by molar-refractivity contribution is 0.0697. The molecule has 1 N–H and O–H groups in total. The molecule has 0 unspecified atom stereocenters. The maximum absolute atomic E-state index is 11.3. The van der Waals surface area contributed by atoms with Gasteiger partial charge in [-0.15, -0.1) is 0 Å². The zero-order valence-corrected chi connectivity index (χ0v) is 16.7. The van der Waals surface area contributed by atoms with E-state index in [1.807, 2.05) is 12.1 Å². The number of carboxylic acid groups (broad SMARTS) is 1. The maximum atomic E-state index is 11.3. The second-order valence-corrected chi connectivity index (χ2v) is 8.14. The van der Waals surface area contributed by atoms with Crippen LogP contribution in [0.2, 0.25) is 0 Å². The van der Waals surface area contributed by atoms with E-state index in [9.17, 15) is 9.90 Å². The normalized spacial score (nSPS) is 22.5. The highest BCUT2D eigenvalue weighted by atomic mass is 16.4. The summed E-state index contributed by atoms with van der Waals surface area (Å²) in [5, 5.41) is 9.24. The Hall–Kier alpha value is -2.09. The van der Waals surface area contributed by atoms with E-state index < -0.39 is 5.97 Å². The smallest absolute Gasteiger partial charge is 0.335 e. The predicted octanol–water partition coefficient (Wildman–Crippen LogP) is 6.61. The summed E-state index contributed by atoms with van der Waals surface area (Å²) in [7, 11) is 0. The first kappa shape index (κ1) is 19.7. The third kappa shape index (κ3) is 4.26. The van der Waals surface area contributed by atoms with Crippen LogP contribution in [0.25, 0.3) is 0 Å². The second kappa shape index (κ2) is 8.73. The van der Waals surface area contributed by atoms with Crippen LogP contribution in [0.5, 0.6) is 0 Å². The van der Waals surface area contributed by atoms with Crippen LogP contribution < -0.4 is 0 Å². The Morgan fingerprint density at radius 2 is 1.48 bits per heavy atom. The number of rotatable bonds is 7. The van der Waals surface area contributed by atoms with E-state index in [2.05, 4.69) is 38.1 Å². The monoisotopic (exact) mass is 364 g/mol. The summed E-state index contributed by atoms with van der Waals surface area (Å²) in [5.41, 5.74) is 4.45. The molecule has 1 aliphatic carbocycles. The largest absolute Gasteiger partial charge is 0.478 e. The van der Waals surface area contributed by atoms with Gasteiger partial charge in [-0.1, -0.05) is 69.5 Å². The summed E-state index contributed by atoms with van der Waals surface area (Å²) in [4.78, 5) is 11.3. The first-order chi connectivity index (χ1) is 13.1. The van der Waals surface area contributed by atoms with Gasteiger partial charge < -0.3 is 5.11 Å². The Morgan fingerprint density at radius 3 is 1.96 bits per heavy atom. The third-order valence-corrected chi connectivity index (χ3v) is 6.39. The number of benzene rings is 2. The fourth-order valence-corrected chi connectivity index (χ4v) is 4.82. The fourth-order valence-electron chi connectivity index (χ4n) is 4.82. The van der Waals surface area contributed by atoms with E-state index in [4.69, 9.17) is 0 Å². The van der Waals surface area contributed by atoms with Gasteiger partial charge in [0.05, 0.1) is 5.56 Å². The van der Waals surface area contributed by atoms with E-state index >= 15 is 0 Å². The fraction of sp³-hybridized carbons (Fsp3) is 0.480. The topological polar surface area (TPSA) is 37.3 Å². The molecule has 0 spiro atoms. The molecule has 2 nitrogen and oxygen atoms in total. The van der Waals surface area contributed by atoms with Crippen molar-refractivity contribution in [2.75, 3.05) is 0 Å². The molecule has 0 atom stereocenters. The summed E-state index contributed by atoms with van der Waals surface area (Å²) >= 11 is 0. The maximum Gasteiger partial charge on any atom is 0.335 e. The molecule has 2 heteroatoms. The van der Waals surface area contributed by atoms with Crippen LogP contribution in [-0.2, 0) is 11.8 Å². The van der Waals surface area contributed by atoms with Crippen molar-refractivity contribution in [1.29, 1.82) is 0 Å². The second-order valence-electron chi connectivity index (χ2n) is 8.14. The number of hydrogen-bond acceptors (Lipinski definition) is 1. The molecule has 0 aliphatic heterocycles. The minimum atomic E-state index is -0.855. The van der Waals surface area contributed by atoms with Crippen LogP contribution >= 0.6 is 0 Å². The zero-order valence-electron chi connectivity index (χ0n) is 16.7. The molecule has 0 heterocycles. The Bertz CT molecular complexity index is 735. The van der Waals surface area contributed by atoms with Crippen LogP contribution in [-0.4, -0.2) is 11.1 Å². The van der Waals surface area contributed by atoms with Crippen LogP contribution in [0, 0.1) is 5.92 Å². The molecule has 0 aromatic heterocycles. The van der Waals surface area contributed by atoms with Crippen molar-refractivity contribution in [3.05, 3.63) is 70.8 Å². The van der Waals surface area contributed by atoms with Crippen LogP contribution in [0.15, 0.2) is 48.5 Å². The highest BCUT2D eigenvalue weighted by molar-refractivity contribution is 5.87. The van der Waals surface area contributed by atoms with Gasteiger partial charge in [0.2, 0.25) is 0 Å². The Labute approximate surface area is 163 Å². The lowest BCUT2D eigenvalue weighted by Crippen LogP contribution is -2.33. The van der Waals surface area contributed by atoms with Crippen molar-refractivity contribution in [2.24, 2.45) is 5.92 Å². The number of aromatic carboxylic acids is 1. The van der Waals surface area contributed by atoms with E-state index in [-0.39, 0.29) is 5.41 Å². The van der Waals surface area contributed by atoms with Crippen molar-refractivity contribution >= 4 is 5.97 Å². The van der Waals surface area contributed by atoms with Gasteiger partial charge in [0.25, 0.3) is 0 Å². The van der Waals surface area contributed by atoms with Crippen LogP contribution in [0.4, 0.5) is 0 Å². The lowest BCUT2D eigenvalue weighted by Gasteiger charge is -2.41. The Morgan fingerprint density at radius 1 is 0.926 bits per heavy atom. The number of carboxylic acids is 1. The molecule has 0 radical (unpaired) electrons. The quantitative estimate of drug-likeness (QED) is 0.600. The van der Waals surface area contributed by atoms with Crippen molar-refractivity contribution in [2.45, 2.75) is 70.6 Å². The SMILES string of the molecule is CCCc1ccc(C2(c3ccc(C(=O)O)cc3)CCC(CCC)CC2)cc1. The average molecular weight is 365 g/mol. The highest BCUT2D eigenvalue weighted by Crippen LogP contribution is 2.47. The standard InChI is InChI=1S/C25H32O2/c1-3-5-19-7-11-22(12-8-19)25(17-15-20(6-4-2)16-18-25)23-13-9-21(10-14-23)24(26)27/h7-14,20H,3-6,15-18H2,1-2H3,(H,26,27). The van der Waals surface area contributed by atoms with Gasteiger partial charge in [-0.3, -0.25) is 0 Å². The molecular formula is C25H32O2. The molecule has 2 aromatic rings. The first-order valence-corrected chi connectivity index (χ1v) is 10.5. The molecule has 144 valence electrons. The molecular weight excluding hydrogens is 332 g/mol. The van der Waals surface area contributed by atoms with Crippen molar-refractivity contribution in [3.8, 4) is 0 Å². The van der Waals surface area contributed by atoms with Crippen molar-refractivity contribution in [1.82, 2.24) is 0 Å². The molecule has 3 rings (SSSR count). The lowest BCUT2D eigenvalue weighted by atomic mass is 9.62. The minimum Gasteiger partial charge on any atom is -0.478 e. The summed E-state index contributed by atoms with van der Waals surface area (Å²) in [5.74, 6) is -0.0213. The molecule has 0 bridgehead atoms. The molecule has 0 saturated heterocycles. The van der Waals surface area contributed by atoms with E-state index in [0.29, 0.717) is 5.56 Å². The molecule has 1 fully saturated rings. The van der Waals surface area contributed by atoms with Gasteiger partial charge in [-0.2, -0.15) is 0 Å². The summed E-state index contributed by atoms with van der Waals surface area (Å²) in [6.07, 6.45) is 9.68. The van der Waals surface area contributed by atoms with Crippen LogP contribution in [0.1, 0.15) is 85.8 Å². The molecule has 2 aromatic carbocycles. The molecule has 0 amide bonds. The van der Waals surface area contributed by atoms with Gasteiger partial charge >= 0.3 is 5.97 Å². The van der Waals surface area contributed by atoms with E-state index in [1.165, 1.54) is 48.8 Å². The third-order valence-electron chi connectivity index (χ3n) is 6.39. The van der Waals surface area contributed by atoms with Gasteiger partial charge in [0.15, 0.2) is 0 Å². The van der Waals surface area contributed by atoms with Gasteiger partial charge in [0.1, 0.15) is 0 Å². The number of hydrogen-bond donors (Lipinski definition) is 1. The number of carbonyl (C=O) groups is 1. The number of aryl methyl sites for hydroxylation is 1. The average Bonchev–Trinajstić information content (AvgIpc) is 2.70. The van der Waals surface area contributed by atoms with Crippen LogP contribution in [0.3, 0.4) is 0 Å². The Kier molecular flexibility index (Phi) is 6.36. The summed E-state index contributed by atoms with van der Waals surface area (Å²) in [6, 6.07) is 16.8. The summed E-state index contributed by atoms with van der Waals surface area (Å²) in [6.45, 7) is 4.49. The molecule has 1 saturated carbocycles. The van der Waals surface area contributed by atoms with Crippen molar-refractivity contribution < 1.29 is 9.90 Å². The zero-order chi connectivity index (χ0) is 19.3. The first-order valence-electron chi connectivity index (χ1n) is 10.5. The van der Waals surface area contributed by atoms with E-state index in [0.717, 1.165) is 25.2 Å². The van der Waals surface area contributed by atoms with Gasteiger partial charge in [-0.25, -0.2) is 4.79 Å². The van der Waals surface area contributed by atoms with Crippen molar-refractivity contribution in [3.63, 3.8) is 0 Å².